The second-order valence-corrected chi connectivity index (χ2v) is 2.45. The first-order valence-corrected chi connectivity index (χ1v) is 4.23. The molecule has 96 valence electrons. The molecule has 0 saturated heterocycles. The van der Waals surface area contributed by atoms with E-state index in [0.717, 1.165) is 11.4 Å². The van der Waals surface area contributed by atoms with E-state index < -0.39 is 0 Å². The molecular weight excluding hydrogens is 305 g/mol. The fourth-order valence-corrected chi connectivity index (χ4v) is 0.874. The van der Waals surface area contributed by atoms with Gasteiger partial charge in [-0.15, -0.1) is 0 Å². The van der Waals surface area contributed by atoms with Crippen LogP contribution >= 0.6 is 0 Å². The second kappa shape index (κ2) is 13.3. The molecule has 8 heteroatoms. The standard InChI is InChI=1S/C9H13N5.2ClH.Fe/c1-10-12-6-8-4-3-5-9(14-8)7-13-11-2;;;/h3-7,10-11H,1-2H3;2*1H;/q;;;+2/p-2. The smallest absolute Gasteiger partial charge is 1.00 e. The molecule has 0 amide bonds. The van der Waals surface area contributed by atoms with Gasteiger partial charge in [-0.05, 0) is 12.1 Å². The summed E-state index contributed by atoms with van der Waals surface area (Å²) in [5.41, 5.74) is 6.91. The van der Waals surface area contributed by atoms with Gasteiger partial charge in [0.1, 0.15) is 0 Å². The molecule has 0 atom stereocenters. The van der Waals surface area contributed by atoms with Gasteiger partial charge in [-0.2, -0.15) is 10.2 Å². The van der Waals surface area contributed by atoms with Gasteiger partial charge in [0.25, 0.3) is 0 Å². The van der Waals surface area contributed by atoms with Gasteiger partial charge in [-0.1, -0.05) is 6.07 Å². The predicted octanol–water partition coefficient (Wildman–Crippen LogP) is -5.81. The Morgan fingerprint density at radius 2 is 1.41 bits per heavy atom. The van der Waals surface area contributed by atoms with Crippen LogP contribution in [-0.4, -0.2) is 31.5 Å². The summed E-state index contributed by atoms with van der Waals surface area (Å²) in [5.74, 6) is 0. The maximum absolute atomic E-state index is 4.27. The normalized spacial score (nSPS) is 9.06. The fourth-order valence-electron chi connectivity index (χ4n) is 0.874. The minimum atomic E-state index is 0. The van der Waals surface area contributed by atoms with Crippen LogP contribution in [-0.2, 0) is 17.1 Å². The predicted molar refractivity (Wildman–Crippen MR) is 57.5 cm³/mol. The minimum absolute atomic E-state index is 0. The van der Waals surface area contributed by atoms with Crippen LogP contribution in [0.5, 0.6) is 0 Å². The van der Waals surface area contributed by atoms with Crippen LogP contribution < -0.4 is 35.7 Å². The van der Waals surface area contributed by atoms with Crippen LogP contribution in [0.4, 0.5) is 0 Å². The van der Waals surface area contributed by atoms with Crippen LogP contribution in [0.25, 0.3) is 0 Å². The van der Waals surface area contributed by atoms with Crippen molar-refractivity contribution in [2.75, 3.05) is 14.1 Å². The zero-order valence-electron chi connectivity index (χ0n) is 9.34. The summed E-state index contributed by atoms with van der Waals surface area (Å²) in [6.45, 7) is 0. The number of rotatable bonds is 4. The SMILES string of the molecule is CNN=Cc1cccc(C=NNC)n1.[Cl-].[Cl-].[Fe+2]. The minimum Gasteiger partial charge on any atom is -1.00 e. The van der Waals surface area contributed by atoms with Crippen LogP contribution in [0.3, 0.4) is 0 Å². The van der Waals surface area contributed by atoms with E-state index in [2.05, 4.69) is 26.0 Å². The summed E-state index contributed by atoms with van der Waals surface area (Å²) in [5, 5.41) is 7.73. The van der Waals surface area contributed by atoms with E-state index in [-0.39, 0.29) is 41.9 Å². The van der Waals surface area contributed by atoms with Crippen molar-refractivity contribution in [3.05, 3.63) is 29.6 Å². The first-order chi connectivity index (χ1) is 6.86. The van der Waals surface area contributed by atoms with E-state index in [1.54, 1.807) is 26.5 Å². The number of pyridine rings is 1. The third-order valence-corrected chi connectivity index (χ3v) is 1.44. The Morgan fingerprint density at radius 1 is 1.00 bits per heavy atom. The second-order valence-electron chi connectivity index (χ2n) is 2.45. The molecule has 1 rings (SSSR count). The topological polar surface area (TPSA) is 61.7 Å². The van der Waals surface area contributed by atoms with Crippen molar-refractivity contribution in [2.24, 2.45) is 10.2 Å². The molecule has 0 bridgehead atoms. The number of nitrogens with zero attached hydrogens (tertiary/aromatic N) is 3. The molecule has 0 spiro atoms. The Kier molecular flexibility index (Phi) is 16.7. The molecule has 17 heavy (non-hydrogen) atoms. The van der Waals surface area contributed by atoms with E-state index >= 15 is 0 Å². The maximum Gasteiger partial charge on any atom is 2.00 e. The van der Waals surface area contributed by atoms with Gasteiger partial charge in [-0.25, -0.2) is 4.98 Å². The molecule has 0 aromatic carbocycles. The van der Waals surface area contributed by atoms with Gasteiger partial charge < -0.3 is 35.7 Å². The Labute approximate surface area is 124 Å². The summed E-state index contributed by atoms with van der Waals surface area (Å²) >= 11 is 0. The maximum atomic E-state index is 4.27. The molecular formula is C9H13Cl2FeN5. The molecule has 2 N–H and O–H groups in total. The number of aromatic nitrogens is 1. The monoisotopic (exact) mass is 317 g/mol. The Bertz CT molecular complexity index is 317. The largest absolute Gasteiger partial charge is 2.00 e. The van der Waals surface area contributed by atoms with Gasteiger partial charge in [-0.3, -0.25) is 0 Å². The summed E-state index contributed by atoms with van der Waals surface area (Å²) in [6, 6.07) is 5.65. The molecule has 0 unspecified atom stereocenters. The molecule has 0 radical (unpaired) electrons. The Balaban J connectivity index is -0.000000653. The van der Waals surface area contributed by atoms with E-state index in [4.69, 9.17) is 0 Å². The molecule has 1 heterocycles. The van der Waals surface area contributed by atoms with Gasteiger partial charge >= 0.3 is 17.1 Å². The number of halogens is 2. The molecule has 0 aliphatic carbocycles. The van der Waals surface area contributed by atoms with Crippen LogP contribution in [0, 0.1) is 0 Å². The van der Waals surface area contributed by atoms with Gasteiger partial charge in [0, 0.05) is 14.1 Å². The van der Waals surface area contributed by atoms with Crippen molar-refractivity contribution in [2.45, 2.75) is 0 Å². The van der Waals surface area contributed by atoms with Crippen molar-refractivity contribution < 1.29 is 41.9 Å². The summed E-state index contributed by atoms with van der Waals surface area (Å²) < 4.78 is 0. The van der Waals surface area contributed by atoms with E-state index in [1.807, 2.05) is 18.2 Å². The number of hydrogen-bond acceptors (Lipinski definition) is 5. The molecule has 0 fully saturated rings. The van der Waals surface area contributed by atoms with Gasteiger partial charge in [0.2, 0.25) is 0 Å². The van der Waals surface area contributed by atoms with Crippen molar-refractivity contribution in [1.82, 2.24) is 15.8 Å². The average Bonchev–Trinajstić information content (AvgIpc) is 2.24. The van der Waals surface area contributed by atoms with E-state index in [1.165, 1.54) is 0 Å². The Morgan fingerprint density at radius 3 is 1.76 bits per heavy atom. The third-order valence-electron chi connectivity index (χ3n) is 1.44. The average molecular weight is 318 g/mol. The van der Waals surface area contributed by atoms with Crippen LogP contribution in [0.1, 0.15) is 11.4 Å². The first-order valence-electron chi connectivity index (χ1n) is 4.23. The molecule has 5 nitrogen and oxygen atoms in total. The van der Waals surface area contributed by atoms with Crippen molar-refractivity contribution in [3.63, 3.8) is 0 Å². The van der Waals surface area contributed by atoms with Gasteiger partial charge in [0.15, 0.2) is 0 Å². The molecule has 1 aromatic heterocycles. The third kappa shape index (κ3) is 8.94. The fraction of sp³-hybridized carbons (Fsp3) is 0.222. The summed E-state index contributed by atoms with van der Waals surface area (Å²) in [6.07, 6.45) is 3.30. The summed E-state index contributed by atoms with van der Waals surface area (Å²) in [7, 11) is 3.48. The zero-order chi connectivity index (χ0) is 10.2. The molecule has 1 aromatic rings. The Hall–Kier alpha value is -0.811. The molecule has 0 aliphatic heterocycles. The van der Waals surface area contributed by atoms with E-state index in [9.17, 15) is 0 Å². The molecule has 0 aliphatic rings. The number of nitrogens with one attached hydrogen (secondary N) is 2. The quantitative estimate of drug-likeness (QED) is 0.330. The van der Waals surface area contributed by atoms with E-state index in [0.29, 0.717) is 0 Å². The zero-order valence-corrected chi connectivity index (χ0v) is 12.0. The summed E-state index contributed by atoms with van der Waals surface area (Å²) in [4.78, 5) is 4.27. The van der Waals surface area contributed by atoms with Crippen molar-refractivity contribution >= 4 is 12.4 Å². The van der Waals surface area contributed by atoms with Crippen molar-refractivity contribution in [3.8, 4) is 0 Å². The van der Waals surface area contributed by atoms with Crippen LogP contribution in [0.2, 0.25) is 0 Å². The number of hydrogen-bond donors (Lipinski definition) is 2. The molecule has 0 saturated carbocycles. The van der Waals surface area contributed by atoms with Crippen LogP contribution in [0.15, 0.2) is 28.4 Å². The van der Waals surface area contributed by atoms with Crippen molar-refractivity contribution in [1.29, 1.82) is 0 Å². The van der Waals surface area contributed by atoms with Gasteiger partial charge in [0.05, 0.1) is 23.8 Å². The number of hydrazone groups is 2. The first kappa shape index (κ1) is 21.5.